The van der Waals surface area contributed by atoms with Crippen LogP contribution in [0.2, 0.25) is 0 Å². The number of carbonyl (C=O) groups excluding carboxylic acids is 1. The number of rotatable bonds is 6. The van der Waals surface area contributed by atoms with Crippen LogP contribution < -0.4 is 10.6 Å². The number of halogens is 4. The Labute approximate surface area is 198 Å². The second-order valence-corrected chi connectivity index (χ2v) is 8.36. The van der Waals surface area contributed by atoms with Gasteiger partial charge in [0, 0.05) is 38.8 Å². The highest BCUT2D eigenvalue weighted by Crippen LogP contribution is 2.33. The Balaban J connectivity index is 0.00000341. The smallest absolute Gasteiger partial charge is 0.352 e. The van der Waals surface area contributed by atoms with Crippen molar-refractivity contribution in [1.29, 1.82) is 0 Å². The van der Waals surface area contributed by atoms with Crippen LogP contribution in [0, 0.1) is 0 Å². The molecule has 2 unspecified atom stereocenters. The van der Waals surface area contributed by atoms with Crippen molar-refractivity contribution in [2.75, 3.05) is 27.2 Å². The largest absolute Gasteiger partial charge is 0.416 e. The Morgan fingerprint density at radius 1 is 1.29 bits per heavy atom. The molecule has 10 heteroatoms. The molecule has 1 aromatic rings. The summed E-state index contributed by atoms with van der Waals surface area (Å²) in [4.78, 5) is 20.4. The zero-order chi connectivity index (χ0) is 21.9. The highest BCUT2D eigenvalue weighted by atomic mass is 127. The van der Waals surface area contributed by atoms with E-state index in [1.165, 1.54) is 23.8 Å². The third-order valence-electron chi connectivity index (χ3n) is 5.56. The molecular weight excluding hydrogens is 522 g/mol. The van der Waals surface area contributed by atoms with Gasteiger partial charge < -0.3 is 15.5 Å². The predicted molar refractivity (Wildman–Crippen MR) is 125 cm³/mol. The quantitative estimate of drug-likeness (QED) is 0.323. The Bertz CT molecular complexity index is 783. The molecule has 1 saturated carbocycles. The van der Waals surface area contributed by atoms with Crippen molar-refractivity contribution >= 4 is 35.8 Å². The lowest BCUT2D eigenvalue weighted by molar-refractivity contribution is -0.137. The average molecular weight is 553 g/mol. The van der Waals surface area contributed by atoms with Gasteiger partial charge in [-0.25, -0.2) is 4.99 Å². The van der Waals surface area contributed by atoms with Gasteiger partial charge in [0.15, 0.2) is 5.96 Å². The van der Waals surface area contributed by atoms with Crippen LogP contribution in [0.15, 0.2) is 29.3 Å². The number of aliphatic imine (C=N–C) groups is 1. The van der Waals surface area contributed by atoms with Crippen molar-refractivity contribution in [2.24, 2.45) is 4.99 Å². The van der Waals surface area contributed by atoms with E-state index in [-0.39, 0.29) is 49.0 Å². The Morgan fingerprint density at radius 3 is 2.61 bits per heavy atom. The molecule has 2 aliphatic rings. The summed E-state index contributed by atoms with van der Waals surface area (Å²) in [6.07, 6.45) is -0.946. The van der Waals surface area contributed by atoms with Gasteiger partial charge in [0.2, 0.25) is 5.91 Å². The molecule has 1 aromatic carbocycles. The lowest BCUT2D eigenvalue weighted by Crippen LogP contribution is -2.47. The fourth-order valence-corrected chi connectivity index (χ4v) is 3.76. The molecule has 0 aromatic heterocycles. The standard InChI is InChI=1S/C21H30F3N5O.HI/c1-14-9-17(13-29(14)18-7-8-18)27-20(26-12-19(30)28(2)3)25-11-15-5-4-6-16(10-15)21(22,23)24;/h4-6,10,14,17-18H,7-9,11-13H2,1-3H3,(H2,25,26,27);1H. The molecule has 2 fully saturated rings. The number of nitrogens with one attached hydrogen (secondary N) is 2. The molecule has 1 heterocycles. The molecule has 31 heavy (non-hydrogen) atoms. The van der Waals surface area contributed by atoms with E-state index in [4.69, 9.17) is 0 Å². The minimum Gasteiger partial charge on any atom is -0.352 e. The lowest BCUT2D eigenvalue weighted by Gasteiger charge is -2.20. The van der Waals surface area contributed by atoms with Crippen molar-refractivity contribution in [1.82, 2.24) is 20.4 Å². The number of alkyl halides is 3. The number of hydrogen-bond acceptors (Lipinski definition) is 3. The fourth-order valence-electron chi connectivity index (χ4n) is 3.76. The summed E-state index contributed by atoms with van der Waals surface area (Å²) in [6.45, 7) is 3.26. The van der Waals surface area contributed by atoms with Gasteiger partial charge in [-0.05, 0) is 43.9 Å². The van der Waals surface area contributed by atoms with Crippen LogP contribution in [0.25, 0.3) is 0 Å². The van der Waals surface area contributed by atoms with Crippen molar-refractivity contribution in [2.45, 2.75) is 57.0 Å². The van der Waals surface area contributed by atoms with Crippen LogP contribution in [0.4, 0.5) is 13.2 Å². The van der Waals surface area contributed by atoms with Gasteiger partial charge in [0.05, 0.1) is 18.7 Å². The number of nitrogens with zero attached hydrogens (tertiary/aromatic N) is 3. The maximum absolute atomic E-state index is 13.0. The highest BCUT2D eigenvalue weighted by molar-refractivity contribution is 14.0. The Hall–Kier alpha value is -1.56. The Morgan fingerprint density at radius 2 is 2.00 bits per heavy atom. The second kappa shape index (κ2) is 10.8. The van der Waals surface area contributed by atoms with Gasteiger partial charge >= 0.3 is 6.18 Å². The summed E-state index contributed by atoms with van der Waals surface area (Å²) in [5, 5.41) is 6.40. The number of likely N-dealkylation sites (N-methyl/N-ethyl adjacent to an activating group) is 1. The molecule has 1 amide bonds. The molecule has 1 aliphatic heterocycles. The average Bonchev–Trinajstić information content (AvgIpc) is 3.46. The van der Waals surface area contributed by atoms with E-state index in [1.807, 2.05) is 0 Å². The van der Waals surface area contributed by atoms with Crippen LogP contribution in [0.1, 0.15) is 37.3 Å². The predicted octanol–water partition coefficient (Wildman–Crippen LogP) is 3.07. The van der Waals surface area contributed by atoms with Crippen LogP contribution in [-0.2, 0) is 17.5 Å². The summed E-state index contributed by atoms with van der Waals surface area (Å²) in [5.41, 5.74) is -0.227. The van der Waals surface area contributed by atoms with E-state index in [0.717, 1.165) is 25.1 Å². The Kier molecular flexibility index (Phi) is 8.99. The van der Waals surface area contributed by atoms with Crippen molar-refractivity contribution in [3.8, 4) is 0 Å². The zero-order valence-corrected chi connectivity index (χ0v) is 20.4. The molecule has 3 rings (SSSR count). The van der Waals surface area contributed by atoms with Gasteiger partial charge in [-0.15, -0.1) is 24.0 Å². The number of carbonyl (C=O) groups is 1. The molecule has 2 N–H and O–H groups in total. The summed E-state index contributed by atoms with van der Waals surface area (Å²) in [5.74, 6) is 0.334. The van der Waals surface area contributed by atoms with Gasteiger partial charge in [0.1, 0.15) is 0 Å². The minimum absolute atomic E-state index is 0. The number of benzene rings is 1. The normalized spacial score (nSPS) is 22.1. The van der Waals surface area contributed by atoms with E-state index < -0.39 is 11.7 Å². The summed E-state index contributed by atoms with van der Waals surface area (Å²) >= 11 is 0. The van der Waals surface area contributed by atoms with Crippen LogP contribution in [0.3, 0.4) is 0 Å². The summed E-state index contributed by atoms with van der Waals surface area (Å²) in [6, 6.07) is 6.49. The molecule has 0 bridgehead atoms. The summed E-state index contributed by atoms with van der Waals surface area (Å²) in [7, 11) is 3.34. The minimum atomic E-state index is -4.39. The summed E-state index contributed by atoms with van der Waals surface area (Å²) < 4.78 is 38.9. The van der Waals surface area contributed by atoms with Gasteiger partial charge in [-0.1, -0.05) is 12.1 Å². The van der Waals surface area contributed by atoms with Gasteiger partial charge in [-0.2, -0.15) is 13.2 Å². The van der Waals surface area contributed by atoms with Gasteiger partial charge in [-0.3, -0.25) is 9.69 Å². The van der Waals surface area contributed by atoms with Crippen LogP contribution >= 0.6 is 24.0 Å². The van der Waals surface area contributed by atoms with E-state index in [9.17, 15) is 18.0 Å². The highest BCUT2D eigenvalue weighted by Gasteiger charge is 2.39. The molecule has 2 atom stereocenters. The first kappa shape index (κ1) is 25.7. The molecule has 6 nitrogen and oxygen atoms in total. The number of amides is 1. The van der Waals surface area contributed by atoms with Crippen molar-refractivity contribution in [3.05, 3.63) is 35.4 Å². The SMILES string of the molecule is CC1CC(NC(=NCc2cccc(C(F)(F)F)c2)NCC(=O)N(C)C)CN1C1CC1.I. The van der Waals surface area contributed by atoms with Gasteiger partial charge in [0.25, 0.3) is 0 Å². The molecule has 0 radical (unpaired) electrons. The fraction of sp³-hybridized carbons (Fsp3) is 0.619. The van der Waals surface area contributed by atoms with Crippen LogP contribution in [-0.4, -0.2) is 67.0 Å². The maximum atomic E-state index is 13.0. The maximum Gasteiger partial charge on any atom is 0.416 e. The first-order valence-electron chi connectivity index (χ1n) is 10.3. The molecule has 0 spiro atoms. The molecular formula is C21H31F3IN5O. The molecule has 1 saturated heterocycles. The van der Waals surface area contributed by atoms with E-state index in [1.54, 1.807) is 20.2 Å². The van der Waals surface area contributed by atoms with E-state index >= 15 is 0 Å². The monoisotopic (exact) mass is 553 g/mol. The second-order valence-electron chi connectivity index (χ2n) is 8.36. The molecule has 174 valence electrons. The topological polar surface area (TPSA) is 60.0 Å². The third-order valence-corrected chi connectivity index (χ3v) is 5.56. The lowest BCUT2D eigenvalue weighted by atomic mass is 10.1. The molecule has 1 aliphatic carbocycles. The third kappa shape index (κ3) is 7.51. The number of hydrogen-bond donors (Lipinski definition) is 2. The van der Waals surface area contributed by atoms with Crippen LogP contribution in [0.5, 0.6) is 0 Å². The number of guanidine groups is 1. The van der Waals surface area contributed by atoms with E-state index in [2.05, 4.69) is 27.4 Å². The van der Waals surface area contributed by atoms with Crippen molar-refractivity contribution < 1.29 is 18.0 Å². The zero-order valence-electron chi connectivity index (χ0n) is 18.1. The first-order valence-corrected chi connectivity index (χ1v) is 10.3. The number of likely N-dealkylation sites (tertiary alicyclic amines) is 1. The van der Waals surface area contributed by atoms with Crippen molar-refractivity contribution in [3.63, 3.8) is 0 Å². The van der Waals surface area contributed by atoms with E-state index in [0.29, 0.717) is 23.6 Å². The first-order chi connectivity index (χ1) is 14.1.